The summed E-state index contributed by atoms with van der Waals surface area (Å²) in [6, 6.07) is 1.51. The van der Waals surface area contributed by atoms with Crippen molar-refractivity contribution in [1.82, 2.24) is 15.1 Å². The van der Waals surface area contributed by atoms with Crippen molar-refractivity contribution < 1.29 is 0 Å². The predicted molar refractivity (Wildman–Crippen MR) is 82.6 cm³/mol. The molecule has 2 aliphatic heterocycles. The zero-order valence-corrected chi connectivity index (χ0v) is 13.2. The molecule has 2 saturated heterocycles. The number of nitrogens with one attached hydrogen (secondary N) is 1. The summed E-state index contributed by atoms with van der Waals surface area (Å²) in [6.07, 6.45) is 8.42. The van der Waals surface area contributed by atoms with Crippen molar-refractivity contribution in [2.24, 2.45) is 5.92 Å². The fourth-order valence-corrected chi connectivity index (χ4v) is 3.78. The molecule has 3 unspecified atom stereocenters. The molecule has 0 bridgehead atoms. The Kier molecular flexibility index (Phi) is 6.11. The molecule has 0 aliphatic carbocycles. The molecule has 1 N–H and O–H groups in total. The first-order chi connectivity index (χ1) is 9.20. The number of hydrogen-bond donors (Lipinski definition) is 1. The highest BCUT2D eigenvalue weighted by atomic mass is 15.2. The summed E-state index contributed by atoms with van der Waals surface area (Å²) in [7, 11) is 4.41. The van der Waals surface area contributed by atoms with Crippen LogP contribution in [-0.2, 0) is 0 Å². The zero-order valence-electron chi connectivity index (χ0n) is 13.2. The van der Waals surface area contributed by atoms with Gasteiger partial charge in [-0.1, -0.05) is 6.42 Å². The highest BCUT2D eigenvalue weighted by molar-refractivity contribution is 4.81. The average molecular weight is 267 g/mol. The molecule has 0 aromatic carbocycles. The van der Waals surface area contributed by atoms with Crippen LogP contribution >= 0.6 is 0 Å². The third-order valence-corrected chi connectivity index (χ3v) is 5.40. The maximum atomic E-state index is 3.43. The molecule has 0 saturated carbocycles. The van der Waals surface area contributed by atoms with Crippen LogP contribution in [0.5, 0.6) is 0 Å². The lowest BCUT2D eigenvalue weighted by atomic mass is 9.91. The van der Waals surface area contributed by atoms with Gasteiger partial charge in [0.15, 0.2) is 0 Å². The van der Waals surface area contributed by atoms with Gasteiger partial charge in [0.25, 0.3) is 0 Å². The van der Waals surface area contributed by atoms with E-state index >= 15 is 0 Å². The first kappa shape index (κ1) is 15.3. The Morgan fingerprint density at radius 2 is 2.00 bits per heavy atom. The predicted octanol–water partition coefficient (Wildman–Crippen LogP) is 2.18. The fraction of sp³-hybridized carbons (Fsp3) is 1.00. The lowest BCUT2D eigenvalue weighted by molar-refractivity contribution is 0.120. The van der Waals surface area contributed by atoms with Gasteiger partial charge in [-0.2, -0.15) is 0 Å². The van der Waals surface area contributed by atoms with Crippen molar-refractivity contribution in [2.45, 2.75) is 57.5 Å². The summed E-state index contributed by atoms with van der Waals surface area (Å²) >= 11 is 0. The quantitative estimate of drug-likeness (QED) is 0.824. The zero-order chi connectivity index (χ0) is 13.7. The van der Waals surface area contributed by atoms with Gasteiger partial charge in [-0.3, -0.25) is 0 Å². The highest BCUT2D eigenvalue weighted by Gasteiger charge is 2.25. The van der Waals surface area contributed by atoms with Crippen molar-refractivity contribution >= 4 is 0 Å². The fourth-order valence-electron chi connectivity index (χ4n) is 3.78. The minimum Gasteiger partial charge on any atom is -0.317 e. The minimum absolute atomic E-state index is 0.667. The van der Waals surface area contributed by atoms with Crippen LogP contribution in [0.15, 0.2) is 0 Å². The number of nitrogens with zero attached hydrogens (tertiary/aromatic N) is 2. The molecule has 112 valence electrons. The Balaban J connectivity index is 1.73. The summed E-state index contributed by atoms with van der Waals surface area (Å²) in [5.74, 6) is 0.850. The van der Waals surface area contributed by atoms with Gasteiger partial charge in [0.2, 0.25) is 0 Å². The molecule has 3 heteroatoms. The molecule has 0 aromatic rings. The van der Waals surface area contributed by atoms with E-state index in [4.69, 9.17) is 0 Å². The maximum Gasteiger partial charge on any atom is 0.0104 e. The Labute approximate surface area is 119 Å². The molecule has 19 heavy (non-hydrogen) atoms. The molecule has 0 radical (unpaired) electrons. The normalized spacial score (nSPS) is 32.4. The summed E-state index contributed by atoms with van der Waals surface area (Å²) in [5.41, 5.74) is 0. The summed E-state index contributed by atoms with van der Waals surface area (Å²) in [5, 5.41) is 3.43. The standard InChI is InChI=1S/C16H33N3/c1-14(17-2)15-7-6-11-19(13-15)12-9-16-8-4-5-10-18(16)3/h14-17H,4-13H2,1-3H3. The van der Waals surface area contributed by atoms with Crippen LogP contribution in [0.3, 0.4) is 0 Å². The monoisotopic (exact) mass is 267 g/mol. The second kappa shape index (κ2) is 7.61. The van der Waals surface area contributed by atoms with Crippen LogP contribution in [-0.4, -0.2) is 62.2 Å². The van der Waals surface area contributed by atoms with Gasteiger partial charge in [-0.15, -0.1) is 0 Å². The highest BCUT2D eigenvalue weighted by Crippen LogP contribution is 2.22. The number of likely N-dealkylation sites (tertiary alicyclic amines) is 2. The van der Waals surface area contributed by atoms with Crippen LogP contribution in [0.2, 0.25) is 0 Å². The molecule has 0 spiro atoms. The first-order valence-electron chi connectivity index (χ1n) is 8.30. The molecular weight excluding hydrogens is 234 g/mol. The lowest BCUT2D eigenvalue weighted by Gasteiger charge is -2.38. The van der Waals surface area contributed by atoms with Crippen LogP contribution in [0, 0.1) is 5.92 Å². The van der Waals surface area contributed by atoms with Crippen LogP contribution in [0.25, 0.3) is 0 Å². The van der Waals surface area contributed by atoms with Crippen LogP contribution in [0.4, 0.5) is 0 Å². The summed E-state index contributed by atoms with van der Waals surface area (Å²) < 4.78 is 0. The van der Waals surface area contributed by atoms with Crippen molar-refractivity contribution in [1.29, 1.82) is 0 Å². The van der Waals surface area contributed by atoms with Crippen molar-refractivity contribution in [2.75, 3.05) is 40.3 Å². The summed E-state index contributed by atoms with van der Waals surface area (Å²) in [4.78, 5) is 5.30. The van der Waals surface area contributed by atoms with E-state index < -0.39 is 0 Å². The van der Waals surface area contributed by atoms with Crippen molar-refractivity contribution in [3.05, 3.63) is 0 Å². The van der Waals surface area contributed by atoms with Crippen molar-refractivity contribution in [3.8, 4) is 0 Å². The van der Waals surface area contributed by atoms with E-state index in [0.29, 0.717) is 6.04 Å². The van der Waals surface area contributed by atoms with Gasteiger partial charge in [-0.25, -0.2) is 0 Å². The Morgan fingerprint density at radius 1 is 1.16 bits per heavy atom. The number of rotatable bonds is 5. The number of piperidine rings is 2. The molecule has 0 aromatic heterocycles. The van der Waals surface area contributed by atoms with Gasteiger partial charge in [-0.05, 0) is 78.7 Å². The van der Waals surface area contributed by atoms with Gasteiger partial charge < -0.3 is 15.1 Å². The second-order valence-electron chi connectivity index (χ2n) is 6.70. The Bertz CT molecular complexity index is 256. The molecule has 2 fully saturated rings. The molecule has 2 rings (SSSR count). The average Bonchev–Trinajstić information content (AvgIpc) is 2.46. The van der Waals surface area contributed by atoms with E-state index in [9.17, 15) is 0 Å². The Hall–Kier alpha value is -0.120. The molecule has 3 atom stereocenters. The van der Waals surface area contributed by atoms with Gasteiger partial charge in [0.05, 0.1) is 0 Å². The lowest BCUT2D eigenvalue weighted by Crippen LogP contribution is -2.45. The van der Waals surface area contributed by atoms with Crippen LogP contribution < -0.4 is 5.32 Å². The number of hydrogen-bond acceptors (Lipinski definition) is 3. The molecule has 0 amide bonds. The molecule has 3 nitrogen and oxygen atoms in total. The van der Waals surface area contributed by atoms with E-state index in [2.05, 4.69) is 36.1 Å². The topological polar surface area (TPSA) is 18.5 Å². The Morgan fingerprint density at radius 3 is 2.74 bits per heavy atom. The largest absolute Gasteiger partial charge is 0.317 e. The summed E-state index contributed by atoms with van der Waals surface area (Å²) in [6.45, 7) is 7.58. The van der Waals surface area contributed by atoms with Crippen molar-refractivity contribution in [3.63, 3.8) is 0 Å². The third kappa shape index (κ3) is 4.44. The SMILES string of the molecule is CNC(C)C1CCCN(CCC2CCCCN2C)C1. The van der Waals surface area contributed by atoms with Gasteiger partial charge >= 0.3 is 0 Å². The first-order valence-corrected chi connectivity index (χ1v) is 8.30. The van der Waals surface area contributed by atoms with E-state index in [1.54, 1.807) is 0 Å². The third-order valence-electron chi connectivity index (χ3n) is 5.40. The second-order valence-corrected chi connectivity index (χ2v) is 6.70. The molecule has 2 heterocycles. The minimum atomic E-state index is 0.667. The van der Waals surface area contributed by atoms with E-state index in [1.807, 2.05) is 0 Å². The smallest absolute Gasteiger partial charge is 0.0104 e. The maximum absolute atomic E-state index is 3.43. The van der Waals surface area contributed by atoms with E-state index in [1.165, 1.54) is 64.7 Å². The molecular formula is C16H33N3. The van der Waals surface area contributed by atoms with Gasteiger partial charge in [0.1, 0.15) is 0 Å². The molecule has 2 aliphatic rings. The van der Waals surface area contributed by atoms with Gasteiger partial charge in [0, 0.05) is 18.6 Å². The van der Waals surface area contributed by atoms with Crippen LogP contribution in [0.1, 0.15) is 45.4 Å². The van der Waals surface area contributed by atoms with E-state index in [0.717, 1.165) is 12.0 Å². The van der Waals surface area contributed by atoms with E-state index in [-0.39, 0.29) is 0 Å².